The van der Waals surface area contributed by atoms with E-state index < -0.39 is 135 Å². The lowest BCUT2D eigenvalue weighted by molar-refractivity contribution is -0.571. The highest BCUT2D eigenvalue weighted by Crippen LogP contribution is 2.48. The van der Waals surface area contributed by atoms with Gasteiger partial charge in [-0.25, -0.2) is 4.98 Å². The highest BCUT2D eigenvalue weighted by Gasteiger charge is 2.42. The Morgan fingerprint density at radius 3 is 1.89 bits per heavy atom. The topological polar surface area (TPSA) is 35.9 Å². The molecule has 5 nitrogen and oxygen atoms in total. The normalized spacial score (nSPS) is 19.9. The van der Waals surface area contributed by atoms with Gasteiger partial charge in [0, 0.05) is 45.0 Å². The van der Waals surface area contributed by atoms with Gasteiger partial charge in [0.2, 0.25) is 0 Å². The van der Waals surface area contributed by atoms with Gasteiger partial charge in [0.1, 0.15) is 17.3 Å². The molecule has 0 spiro atoms. The Bertz CT molecular complexity index is 5630. The van der Waals surface area contributed by atoms with Crippen molar-refractivity contribution in [2.24, 2.45) is 0 Å². The lowest BCUT2D eigenvalue weighted by atomic mass is 9.63. The van der Waals surface area contributed by atoms with Gasteiger partial charge >= 0.3 is 0 Å². The van der Waals surface area contributed by atoms with Crippen LogP contribution >= 0.6 is 0 Å². The summed E-state index contributed by atoms with van der Waals surface area (Å²) in [7, 11) is -3.04. The summed E-state index contributed by atoms with van der Waals surface area (Å²) >= 11 is 0. The van der Waals surface area contributed by atoms with Crippen molar-refractivity contribution < 1.29 is 42.2 Å². The van der Waals surface area contributed by atoms with E-state index in [0.29, 0.717) is 28.5 Å². The molecule has 0 saturated heterocycles. The third kappa shape index (κ3) is 8.99. The molecule has 0 aliphatic heterocycles. The second-order valence-electron chi connectivity index (χ2n) is 22.1. The number of para-hydroxylation sites is 3. The number of ether oxygens (including phenoxy) is 1. The van der Waals surface area contributed by atoms with Gasteiger partial charge in [-0.15, -0.1) is 0 Å². The molecule has 3 heterocycles. The molecule has 1 aliphatic carbocycles. The van der Waals surface area contributed by atoms with Crippen molar-refractivity contribution in [3.05, 3.63) is 284 Å². The minimum absolute atomic E-state index is 0.196. The summed E-state index contributed by atoms with van der Waals surface area (Å²) in [6.07, 6.45) is -4.10. The maximum absolute atomic E-state index is 10.3. The van der Waals surface area contributed by atoms with E-state index >= 15 is 0 Å². The Hall–Kier alpha value is -9.36. The summed E-state index contributed by atoms with van der Waals surface area (Å²) in [6.45, 7) is -10.9. The molecule has 13 aromatic rings. The predicted octanol–water partition coefficient (Wildman–Crippen LogP) is 16.3. The van der Waals surface area contributed by atoms with E-state index in [2.05, 4.69) is 129 Å². The van der Waals surface area contributed by atoms with Gasteiger partial charge in [-0.2, -0.15) is 0 Å². The molecule has 3 aromatic heterocycles. The molecule has 10 aromatic carbocycles. The van der Waals surface area contributed by atoms with E-state index in [0.717, 1.165) is 32.6 Å². The zero-order valence-corrected chi connectivity index (χ0v) is 46.9. The van der Waals surface area contributed by atoms with E-state index in [1.165, 1.54) is 38.3 Å². The van der Waals surface area contributed by atoms with Gasteiger partial charge in [0.05, 0.1) is 44.4 Å². The highest BCUT2D eigenvalue weighted by atomic mass is 28.3. The molecule has 410 valence electrons. The quantitative estimate of drug-likeness (QED) is 0.0560. The fraction of sp³-hybridized carbons (Fsp3) is 0.154. The van der Waals surface area contributed by atoms with Crippen molar-refractivity contribution in [2.45, 2.75) is 77.2 Å². The first-order chi connectivity index (χ1) is 50.6. The Morgan fingerprint density at radius 1 is 0.560 bits per heavy atom. The number of imidazole rings is 1. The first kappa shape index (κ1) is 32.5. The number of pyridine rings is 1. The van der Waals surface area contributed by atoms with Crippen LogP contribution in [0.25, 0.3) is 72.3 Å². The average molecular weight is 1130 g/mol. The number of nitrogens with zero attached hydrogens (tertiary/aromatic N) is 4. The van der Waals surface area contributed by atoms with Crippen molar-refractivity contribution in [1.82, 2.24) is 14.1 Å². The fourth-order valence-corrected chi connectivity index (χ4v) is 16.6. The van der Waals surface area contributed by atoms with Crippen molar-refractivity contribution in [3.8, 4) is 50.9 Å². The molecule has 0 saturated carbocycles. The molecular weight excluding hydrogens is 1040 g/mol. The number of hydrogen-bond donors (Lipinski definition) is 0. The first-order valence-electron chi connectivity index (χ1n) is 39.5. The van der Waals surface area contributed by atoms with Crippen LogP contribution in [0.4, 0.5) is 0 Å². The maximum atomic E-state index is 10.3. The molecule has 6 heteroatoms. The van der Waals surface area contributed by atoms with Gasteiger partial charge < -0.3 is 4.74 Å². The Labute approximate surface area is 528 Å². The number of rotatable bonds is 11. The zero-order chi connectivity index (χ0) is 77.9. The van der Waals surface area contributed by atoms with Crippen LogP contribution in [0.1, 0.15) is 111 Å². The summed E-state index contributed by atoms with van der Waals surface area (Å²) in [4.78, 5) is 5.01. The smallest absolute Gasteiger partial charge is 0.269 e. The number of aromatic nitrogens is 4. The zero-order valence-electron chi connectivity index (χ0n) is 69.9. The summed E-state index contributed by atoms with van der Waals surface area (Å²) < 4.78 is 232. The second kappa shape index (κ2) is 20.5. The highest BCUT2D eigenvalue weighted by molar-refractivity contribution is 7.20. The first-order valence-corrected chi connectivity index (χ1v) is 29.5. The molecule has 0 unspecified atom stereocenters. The van der Waals surface area contributed by atoms with E-state index in [4.69, 9.17) is 30.3 Å². The Kier molecular flexibility index (Phi) is 7.93. The van der Waals surface area contributed by atoms with Crippen LogP contribution in [0.3, 0.4) is 0 Å². The lowest BCUT2D eigenvalue weighted by Gasteiger charge is -2.42. The van der Waals surface area contributed by atoms with Crippen LogP contribution in [0.2, 0.25) is 0 Å². The number of fused-ring (bicyclic) bond motifs is 5. The third-order valence-electron chi connectivity index (χ3n) is 15.8. The van der Waals surface area contributed by atoms with Gasteiger partial charge in [-0.3, -0.25) is 13.7 Å². The van der Waals surface area contributed by atoms with Crippen LogP contribution in [0, 0.1) is 6.33 Å². The molecule has 1 aliphatic rings. The van der Waals surface area contributed by atoms with Crippen molar-refractivity contribution in [2.75, 3.05) is 0 Å². The van der Waals surface area contributed by atoms with E-state index in [1.807, 2.05) is 48.7 Å². The summed E-state index contributed by atoms with van der Waals surface area (Å²) in [5.74, 6) is 1.40. The minimum Gasteiger partial charge on any atom is -0.458 e. The fourth-order valence-electron chi connectivity index (χ4n) is 11.8. The van der Waals surface area contributed by atoms with E-state index in [-0.39, 0.29) is 22.2 Å². The third-order valence-corrected chi connectivity index (χ3v) is 20.6. The Morgan fingerprint density at radius 2 is 1.20 bits per heavy atom. The van der Waals surface area contributed by atoms with Crippen molar-refractivity contribution in [1.29, 1.82) is 0 Å². The molecule has 0 atom stereocenters. The monoisotopic (exact) mass is 1130 g/mol. The summed E-state index contributed by atoms with van der Waals surface area (Å²) in [6, 6.07) is 57.5. The number of benzene rings is 10. The summed E-state index contributed by atoms with van der Waals surface area (Å²) in [5.41, 5.74) is -11.4. The molecule has 84 heavy (non-hydrogen) atoms. The molecular formula is C78H68N4OSi. The standard InChI is InChI=1S/C78H68N4OSi/c1-76(2,3)56-44-47-79-74(49-56)82-70-43-40-63(84(60-28-14-9-15-29-60,61-30-16-10-17-31-61)62-32-18-11-19-33-62)52-67(70)66-41-39-59(51-73(66)82)83-58-27-22-26-57(50-58)80-53-81(72-37-21-20-36-71(72)80)75-64(54-24-12-8-13-25-54)34-23-35-65(75)55-38-42-68-69(48-55)78(6,7)46-45-77(68,4)5/h8-44,47-52H,45-46H2,1-7H3/i4D3,5D3,6D3,7D3,8D,12D,13D,24D,25D,38D,42D,45D2,46D2,48D. The van der Waals surface area contributed by atoms with Crippen molar-refractivity contribution in [3.63, 3.8) is 0 Å². The SMILES string of the molecule is [2H]c1c([2H])c([2H])c(-c2cccc(-c3c([2H])c([2H])c4c(c3[2H])C(C([2H])([2H])[2H])(C([2H])([2H])[2H])C([2H])([2H])C([2H])([2H])C4(C([2H])([2H])[2H])C([2H])([2H])[2H])c2-[n+]2[c-]n(-c3cccc(Oc4ccc5c6cc([Si](c7ccccc7)(c7ccccc7)c7ccccc7)ccc6n(-c6cc(C(C)(C)C)ccn6)c5c4)c3)c3ccccc32)c([2H])c1[2H]. The second-order valence-corrected chi connectivity index (χ2v) is 25.9. The summed E-state index contributed by atoms with van der Waals surface area (Å²) in [5, 5.41) is 6.65. The lowest BCUT2D eigenvalue weighted by Crippen LogP contribution is -2.74. The van der Waals surface area contributed by atoms with Gasteiger partial charge in [-0.05, 0) is 137 Å². The van der Waals surface area contributed by atoms with Crippen LogP contribution in [0.15, 0.2) is 261 Å². The van der Waals surface area contributed by atoms with Gasteiger partial charge in [-0.1, -0.05) is 248 Å². The van der Waals surface area contributed by atoms with Gasteiger partial charge in [0.15, 0.2) is 8.07 Å². The van der Waals surface area contributed by atoms with Crippen LogP contribution in [-0.2, 0) is 16.2 Å². The average Bonchev–Trinajstić information content (AvgIpc) is 0.736. The van der Waals surface area contributed by atoms with Gasteiger partial charge in [0.25, 0.3) is 6.33 Å². The van der Waals surface area contributed by atoms with E-state index in [1.54, 1.807) is 53.1 Å². The molecule has 0 N–H and O–H groups in total. The largest absolute Gasteiger partial charge is 0.458 e. The molecule has 0 fully saturated rings. The molecule has 14 rings (SSSR count). The molecule has 0 amide bonds. The minimum atomic E-state index is -4.63. The van der Waals surface area contributed by atoms with Crippen LogP contribution < -0.4 is 30.1 Å². The molecule has 0 bridgehead atoms. The van der Waals surface area contributed by atoms with Crippen LogP contribution in [0.5, 0.6) is 11.5 Å². The van der Waals surface area contributed by atoms with Crippen molar-refractivity contribution >= 4 is 61.7 Å². The van der Waals surface area contributed by atoms with E-state index in [9.17, 15) is 12.3 Å². The predicted molar refractivity (Wildman–Crippen MR) is 351 cm³/mol. The van der Waals surface area contributed by atoms with Crippen LogP contribution in [-0.4, -0.2) is 22.2 Å². The molecule has 0 radical (unpaired) electrons. The Balaban J connectivity index is 0.991. The number of hydrogen-bond acceptors (Lipinski definition) is 2. The maximum Gasteiger partial charge on any atom is 0.269 e.